The monoisotopic (exact) mass is 568 g/mol. The predicted molar refractivity (Wildman–Crippen MR) is 152 cm³/mol. The van der Waals surface area contributed by atoms with E-state index in [0.717, 1.165) is 17.4 Å². The third-order valence-corrected chi connectivity index (χ3v) is 8.25. The van der Waals surface area contributed by atoms with Gasteiger partial charge in [-0.1, -0.05) is 6.07 Å². The number of carbonyl (C=O) groups excluding carboxylic acids is 1. The lowest BCUT2D eigenvalue weighted by Gasteiger charge is -2.41. The zero-order chi connectivity index (χ0) is 28.2. The highest BCUT2D eigenvalue weighted by Crippen LogP contribution is 2.43. The van der Waals surface area contributed by atoms with Crippen molar-refractivity contribution in [2.24, 2.45) is 11.7 Å². The molecule has 1 fully saturated rings. The Bertz CT molecular complexity index is 1370. The molecule has 1 amide bonds. The van der Waals surface area contributed by atoms with Crippen LogP contribution in [0.5, 0.6) is 0 Å². The number of amides is 1. The molecule has 1 aliphatic carbocycles. The Hall–Kier alpha value is -2.92. The fraction of sp³-hybridized carbons (Fsp3) is 0.433. The smallest absolute Gasteiger partial charge is 0.274 e. The van der Waals surface area contributed by atoms with Crippen LogP contribution in [0.2, 0.25) is 0 Å². The summed E-state index contributed by atoms with van der Waals surface area (Å²) in [5.41, 5.74) is 9.30. The van der Waals surface area contributed by atoms with Gasteiger partial charge in [-0.3, -0.25) is 9.78 Å². The van der Waals surface area contributed by atoms with Crippen LogP contribution in [0.1, 0.15) is 52.9 Å². The summed E-state index contributed by atoms with van der Waals surface area (Å²) in [6.45, 7) is 3.11. The van der Waals surface area contributed by atoms with Crippen molar-refractivity contribution in [2.75, 3.05) is 30.5 Å². The van der Waals surface area contributed by atoms with Gasteiger partial charge in [0.15, 0.2) is 0 Å². The number of hydrogen-bond acceptors (Lipinski definition) is 7. The molecule has 1 aromatic carbocycles. The molecule has 0 spiro atoms. The molecule has 2 aromatic heterocycles. The van der Waals surface area contributed by atoms with Crippen molar-refractivity contribution in [3.05, 3.63) is 76.7 Å². The number of pyridine rings is 2. The van der Waals surface area contributed by atoms with Gasteiger partial charge < -0.3 is 20.5 Å². The van der Waals surface area contributed by atoms with Crippen LogP contribution in [0.4, 0.5) is 14.5 Å². The number of ether oxygens (including phenoxy) is 2. The maximum absolute atomic E-state index is 15.9. The molecule has 3 unspecified atom stereocenters. The van der Waals surface area contributed by atoms with Crippen LogP contribution >= 0.6 is 11.8 Å². The number of hydrogen-bond donors (Lipinski definition) is 2. The highest BCUT2D eigenvalue weighted by molar-refractivity contribution is 7.98. The van der Waals surface area contributed by atoms with Crippen molar-refractivity contribution in [3.63, 3.8) is 0 Å². The van der Waals surface area contributed by atoms with Crippen molar-refractivity contribution in [3.8, 4) is 11.3 Å². The quantitative estimate of drug-likeness (QED) is 0.372. The van der Waals surface area contributed by atoms with E-state index in [4.69, 9.17) is 15.2 Å². The Kier molecular flexibility index (Phi) is 9.10. The summed E-state index contributed by atoms with van der Waals surface area (Å²) < 4.78 is 43.1. The van der Waals surface area contributed by atoms with Gasteiger partial charge in [-0.2, -0.15) is 11.8 Å². The fourth-order valence-corrected chi connectivity index (χ4v) is 6.19. The summed E-state index contributed by atoms with van der Waals surface area (Å²) in [5.74, 6) is -1.12. The summed E-state index contributed by atoms with van der Waals surface area (Å²) in [6.07, 6.45) is 6.79. The number of nitrogens with one attached hydrogen (secondary N) is 1. The average molecular weight is 569 g/mol. The number of halogens is 2. The Morgan fingerprint density at radius 3 is 2.83 bits per heavy atom. The number of thioether (sulfide) groups is 1. The van der Waals surface area contributed by atoms with E-state index in [9.17, 15) is 4.79 Å². The standard InChI is InChI=1S/C30H34F2N4O3S/c1-3-38-16-17-10-19-13-20-12-18(14-24(33)29(20)39-8-9-40-2)21-6-7-34-15-26(21)36-30(37)25-5-4-22(31)28(35-25)27(19)23(32)11-17/h4-7,10-11,15,18,20,24,29H,3,8-9,12-14,16,33H2,1-2H3,(H,36,37)/t18?,20-,24?,29?/m1/s1. The molecule has 3 heterocycles. The minimum absolute atomic E-state index is 0.00663. The fourth-order valence-electron chi connectivity index (χ4n) is 5.92. The number of anilines is 1. The molecule has 10 heteroatoms. The van der Waals surface area contributed by atoms with Crippen molar-refractivity contribution >= 4 is 23.4 Å². The van der Waals surface area contributed by atoms with E-state index in [1.807, 2.05) is 25.3 Å². The highest BCUT2D eigenvalue weighted by atomic mass is 32.2. The number of nitrogens with two attached hydrogens (primary N) is 1. The maximum atomic E-state index is 15.9. The van der Waals surface area contributed by atoms with Crippen LogP contribution < -0.4 is 11.1 Å². The highest BCUT2D eigenvalue weighted by Gasteiger charge is 2.39. The lowest BCUT2D eigenvalue weighted by Crippen LogP contribution is -2.48. The predicted octanol–water partition coefficient (Wildman–Crippen LogP) is 5.34. The van der Waals surface area contributed by atoms with Gasteiger partial charge in [0, 0.05) is 30.2 Å². The van der Waals surface area contributed by atoms with Crippen molar-refractivity contribution in [1.82, 2.24) is 9.97 Å². The summed E-state index contributed by atoms with van der Waals surface area (Å²) in [5, 5.41) is 2.90. The average Bonchev–Trinajstić information content (AvgIpc) is 2.94. The summed E-state index contributed by atoms with van der Waals surface area (Å²) in [7, 11) is 0. The molecule has 3 N–H and O–H groups in total. The molecule has 4 atom stereocenters. The maximum Gasteiger partial charge on any atom is 0.274 e. The first kappa shape index (κ1) is 28.6. The van der Waals surface area contributed by atoms with E-state index < -0.39 is 17.5 Å². The third kappa shape index (κ3) is 6.05. The molecule has 0 saturated heterocycles. The molecular weight excluding hydrogens is 534 g/mol. The van der Waals surface area contributed by atoms with Gasteiger partial charge in [-0.05, 0) is 85.2 Å². The number of aromatic nitrogens is 2. The molecular formula is C30H34F2N4O3S. The summed E-state index contributed by atoms with van der Waals surface area (Å²) in [6, 6.07) is 7.27. The minimum Gasteiger partial charge on any atom is -0.377 e. The molecule has 2 aliphatic rings. The molecule has 40 heavy (non-hydrogen) atoms. The minimum atomic E-state index is -0.711. The van der Waals surface area contributed by atoms with Crippen molar-refractivity contribution in [1.29, 1.82) is 0 Å². The normalized spacial score (nSPS) is 22.3. The molecule has 1 saturated carbocycles. The van der Waals surface area contributed by atoms with Gasteiger partial charge in [0.05, 0.1) is 31.2 Å². The van der Waals surface area contributed by atoms with Crippen LogP contribution in [0, 0.1) is 17.6 Å². The second-order valence-corrected chi connectivity index (χ2v) is 11.3. The zero-order valence-electron chi connectivity index (χ0n) is 22.7. The molecule has 7 nitrogen and oxygen atoms in total. The number of nitrogens with zero attached hydrogens (tertiary/aromatic N) is 2. The number of rotatable bonds is 7. The second kappa shape index (κ2) is 12.7. The van der Waals surface area contributed by atoms with Gasteiger partial charge in [0.1, 0.15) is 23.0 Å². The number of fused-ring (bicyclic) bond motifs is 8. The van der Waals surface area contributed by atoms with E-state index in [1.165, 1.54) is 12.1 Å². The Morgan fingerprint density at radius 2 is 2.02 bits per heavy atom. The SMILES string of the molecule is CCOCc1cc(F)c2c(c1)C[C@H]1CC(CC(N)C1OCCSC)c1ccncc1NC(=O)c1ccc(F)c-2n1. The molecule has 1 aliphatic heterocycles. The first-order valence-corrected chi connectivity index (χ1v) is 15.0. The van der Waals surface area contributed by atoms with Gasteiger partial charge in [-0.25, -0.2) is 13.8 Å². The number of benzene rings is 1. The van der Waals surface area contributed by atoms with Gasteiger partial charge in [-0.15, -0.1) is 0 Å². The van der Waals surface area contributed by atoms with Crippen LogP contribution in [0.25, 0.3) is 11.3 Å². The molecule has 3 aromatic rings. The second-order valence-electron chi connectivity index (χ2n) is 10.3. The van der Waals surface area contributed by atoms with E-state index in [2.05, 4.69) is 15.3 Å². The largest absolute Gasteiger partial charge is 0.377 e. The first-order chi connectivity index (χ1) is 19.4. The Balaban J connectivity index is 1.69. The Labute approximate surface area is 237 Å². The summed E-state index contributed by atoms with van der Waals surface area (Å²) >= 11 is 1.69. The van der Waals surface area contributed by atoms with E-state index in [1.54, 1.807) is 24.2 Å². The lowest BCUT2D eigenvalue weighted by atomic mass is 9.71. The van der Waals surface area contributed by atoms with Crippen LogP contribution in [-0.2, 0) is 22.5 Å². The van der Waals surface area contributed by atoms with Gasteiger partial charge >= 0.3 is 0 Å². The third-order valence-electron chi connectivity index (χ3n) is 7.67. The molecule has 0 radical (unpaired) electrons. The van der Waals surface area contributed by atoms with Crippen LogP contribution in [0.3, 0.4) is 0 Å². The van der Waals surface area contributed by atoms with Gasteiger partial charge in [0.25, 0.3) is 5.91 Å². The van der Waals surface area contributed by atoms with Gasteiger partial charge in [0.2, 0.25) is 0 Å². The van der Waals surface area contributed by atoms with E-state index in [-0.39, 0.29) is 47.5 Å². The van der Waals surface area contributed by atoms with Crippen molar-refractivity contribution in [2.45, 2.75) is 50.9 Å². The van der Waals surface area contributed by atoms with E-state index >= 15 is 8.78 Å². The van der Waals surface area contributed by atoms with Crippen molar-refractivity contribution < 1.29 is 23.0 Å². The lowest BCUT2D eigenvalue weighted by molar-refractivity contribution is -0.0208. The Morgan fingerprint density at radius 1 is 1.18 bits per heavy atom. The van der Waals surface area contributed by atoms with E-state index in [0.29, 0.717) is 49.3 Å². The zero-order valence-corrected chi connectivity index (χ0v) is 23.5. The molecule has 212 valence electrons. The number of carbonyl (C=O) groups is 1. The van der Waals surface area contributed by atoms with Crippen LogP contribution in [0.15, 0.2) is 42.7 Å². The first-order valence-electron chi connectivity index (χ1n) is 13.6. The van der Waals surface area contributed by atoms with Crippen LogP contribution in [-0.4, -0.2) is 53.2 Å². The summed E-state index contributed by atoms with van der Waals surface area (Å²) in [4.78, 5) is 21.8. The molecule has 4 bridgehead atoms. The molecule has 5 rings (SSSR count). The topological polar surface area (TPSA) is 99.4 Å².